The Hall–Kier alpha value is -1.33. The molecule has 1 saturated heterocycles. The van der Waals surface area contributed by atoms with Crippen LogP contribution in [0.4, 0.5) is 0 Å². The summed E-state index contributed by atoms with van der Waals surface area (Å²) in [6.07, 6.45) is 4.77. The molecule has 0 bridgehead atoms. The minimum atomic E-state index is -0.409. The molecule has 2 fully saturated rings. The van der Waals surface area contributed by atoms with E-state index in [2.05, 4.69) is 11.0 Å². The maximum Gasteiger partial charge on any atom is 0.494 e. The first-order chi connectivity index (χ1) is 11.3. The summed E-state index contributed by atoms with van der Waals surface area (Å²) in [6, 6.07) is 6.52. The van der Waals surface area contributed by atoms with Gasteiger partial charge in [0.2, 0.25) is 0 Å². The minimum absolute atomic E-state index is 0.176. The quantitative estimate of drug-likeness (QED) is 0.784. The molecule has 5 heteroatoms. The Labute approximate surface area is 144 Å². The van der Waals surface area contributed by atoms with E-state index in [0.29, 0.717) is 6.04 Å². The van der Waals surface area contributed by atoms with Crippen molar-refractivity contribution in [1.29, 1.82) is 0 Å². The van der Waals surface area contributed by atoms with E-state index in [9.17, 15) is 4.79 Å². The van der Waals surface area contributed by atoms with Crippen molar-refractivity contribution in [3.8, 4) is 0 Å². The van der Waals surface area contributed by atoms with Crippen molar-refractivity contribution >= 4 is 18.5 Å². The summed E-state index contributed by atoms with van der Waals surface area (Å²) in [7, 11) is -0.409. The molecule has 0 atom stereocenters. The molecular formula is C19H26BNO3. The zero-order valence-electron chi connectivity index (χ0n) is 15.1. The predicted molar refractivity (Wildman–Crippen MR) is 94.3 cm³/mol. The highest BCUT2D eigenvalue weighted by atomic mass is 16.7. The summed E-state index contributed by atoms with van der Waals surface area (Å²) in [5.74, 6) is 0.176. The van der Waals surface area contributed by atoms with Gasteiger partial charge in [-0.2, -0.15) is 0 Å². The third kappa shape index (κ3) is 2.41. The van der Waals surface area contributed by atoms with Crippen LogP contribution in [-0.4, -0.2) is 35.2 Å². The highest BCUT2D eigenvalue weighted by Gasteiger charge is 2.52. The van der Waals surface area contributed by atoms with Crippen LogP contribution in [0.2, 0.25) is 0 Å². The number of carbonyl (C=O) groups excluding carboxylic acids is 1. The van der Waals surface area contributed by atoms with E-state index in [1.807, 2.05) is 39.8 Å². The summed E-state index contributed by atoms with van der Waals surface area (Å²) in [4.78, 5) is 14.9. The summed E-state index contributed by atoms with van der Waals surface area (Å²) >= 11 is 0. The first kappa shape index (κ1) is 16.2. The zero-order valence-corrected chi connectivity index (χ0v) is 15.1. The zero-order chi connectivity index (χ0) is 17.1. The molecule has 2 aliphatic heterocycles. The van der Waals surface area contributed by atoms with Gasteiger partial charge in [0.05, 0.1) is 11.2 Å². The molecule has 4 nitrogen and oxygen atoms in total. The highest BCUT2D eigenvalue weighted by molar-refractivity contribution is 6.62. The van der Waals surface area contributed by atoms with Crippen molar-refractivity contribution in [2.75, 3.05) is 0 Å². The van der Waals surface area contributed by atoms with Crippen LogP contribution in [0, 0.1) is 0 Å². The van der Waals surface area contributed by atoms with Crippen LogP contribution in [0.15, 0.2) is 18.2 Å². The lowest BCUT2D eigenvalue weighted by atomic mass is 9.78. The lowest BCUT2D eigenvalue weighted by Gasteiger charge is -2.32. The smallest absolute Gasteiger partial charge is 0.399 e. The van der Waals surface area contributed by atoms with Crippen LogP contribution in [0.3, 0.4) is 0 Å². The third-order valence-corrected chi connectivity index (χ3v) is 6.26. The lowest BCUT2D eigenvalue weighted by Crippen LogP contribution is -2.41. The SMILES string of the molecule is CC1(C)OB(c2ccc3c(c2)C(=O)N(C2CCCC2)C3)OC1(C)C. The van der Waals surface area contributed by atoms with Crippen molar-refractivity contribution < 1.29 is 14.1 Å². The second-order valence-electron chi connectivity index (χ2n) is 8.38. The molecule has 3 aliphatic rings. The Kier molecular flexibility index (Phi) is 3.59. The van der Waals surface area contributed by atoms with Crippen LogP contribution in [0.5, 0.6) is 0 Å². The van der Waals surface area contributed by atoms with Gasteiger partial charge in [0, 0.05) is 18.2 Å². The summed E-state index contributed by atoms with van der Waals surface area (Å²) < 4.78 is 12.2. The van der Waals surface area contributed by atoms with Gasteiger partial charge in [-0.3, -0.25) is 4.79 Å². The van der Waals surface area contributed by atoms with Crippen molar-refractivity contribution in [3.05, 3.63) is 29.3 Å². The van der Waals surface area contributed by atoms with Gasteiger partial charge in [0.1, 0.15) is 0 Å². The Bertz CT molecular complexity index is 663. The molecule has 4 rings (SSSR count). The van der Waals surface area contributed by atoms with E-state index in [1.165, 1.54) is 12.8 Å². The molecule has 0 aromatic heterocycles. The van der Waals surface area contributed by atoms with Crippen LogP contribution in [0.25, 0.3) is 0 Å². The number of amides is 1. The first-order valence-corrected chi connectivity index (χ1v) is 9.08. The van der Waals surface area contributed by atoms with Crippen LogP contribution < -0.4 is 5.46 Å². The average Bonchev–Trinajstić information content (AvgIpc) is 3.18. The summed E-state index contributed by atoms with van der Waals surface area (Å²) in [5, 5.41) is 0. The van der Waals surface area contributed by atoms with Crippen LogP contribution >= 0.6 is 0 Å². The second-order valence-corrected chi connectivity index (χ2v) is 8.38. The number of hydrogen-bond donors (Lipinski definition) is 0. The standard InChI is InChI=1S/C19H26BNO3/c1-18(2)19(3,4)24-20(23-18)14-10-9-13-12-21(15-7-5-6-8-15)17(22)16(13)11-14/h9-11,15H,5-8,12H2,1-4H3. The number of carbonyl (C=O) groups is 1. The maximum atomic E-state index is 12.8. The number of hydrogen-bond acceptors (Lipinski definition) is 3. The van der Waals surface area contributed by atoms with Crippen LogP contribution in [-0.2, 0) is 15.9 Å². The molecular weight excluding hydrogens is 301 g/mol. The Morgan fingerprint density at radius 3 is 2.33 bits per heavy atom. The van der Waals surface area contributed by atoms with Gasteiger partial charge in [-0.1, -0.05) is 25.0 Å². The fourth-order valence-electron chi connectivity index (χ4n) is 3.98. The molecule has 2 heterocycles. The van der Waals surface area contributed by atoms with Crippen molar-refractivity contribution in [2.45, 2.75) is 77.2 Å². The van der Waals surface area contributed by atoms with Gasteiger partial charge in [-0.05, 0) is 57.6 Å². The van der Waals surface area contributed by atoms with E-state index < -0.39 is 7.12 Å². The molecule has 1 aromatic carbocycles. The normalized spacial score (nSPS) is 25.6. The van der Waals surface area contributed by atoms with Gasteiger partial charge in [0.25, 0.3) is 5.91 Å². The van der Waals surface area contributed by atoms with Gasteiger partial charge in [0.15, 0.2) is 0 Å². The average molecular weight is 327 g/mol. The van der Waals surface area contributed by atoms with Crippen molar-refractivity contribution in [3.63, 3.8) is 0 Å². The summed E-state index contributed by atoms with van der Waals surface area (Å²) in [6.45, 7) is 8.95. The molecule has 0 N–H and O–H groups in total. The Morgan fingerprint density at radius 1 is 1.08 bits per heavy atom. The topological polar surface area (TPSA) is 38.8 Å². The third-order valence-electron chi connectivity index (χ3n) is 6.26. The Morgan fingerprint density at radius 2 is 1.71 bits per heavy atom. The second kappa shape index (κ2) is 5.33. The fourth-order valence-corrected chi connectivity index (χ4v) is 3.98. The molecule has 128 valence electrons. The minimum Gasteiger partial charge on any atom is -0.399 e. The van der Waals surface area contributed by atoms with Gasteiger partial charge >= 0.3 is 7.12 Å². The molecule has 1 saturated carbocycles. The van der Waals surface area contributed by atoms with Crippen LogP contribution in [0.1, 0.15) is 69.3 Å². The van der Waals surface area contributed by atoms with Gasteiger partial charge in [-0.15, -0.1) is 0 Å². The molecule has 1 amide bonds. The number of rotatable bonds is 2. The van der Waals surface area contributed by atoms with E-state index >= 15 is 0 Å². The molecule has 0 spiro atoms. The van der Waals surface area contributed by atoms with Gasteiger partial charge < -0.3 is 14.2 Å². The maximum absolute atomic E-state index is 12.8. The van der Waals surface area contributed by atoms with Crippen molar-refractivity contribution in [2.24, 2.45) is 0 Å². The van der Waals surface area contributed by atoms with Gasteiger partial charge in [-0.25, -0.2) is 0 Å². The van der Waals surface area contributed by atoms with E-state index in [-0.39, 0.29) is 17.1 Å². The Balaban J connectivity index is 1.59. The largest absolute Gasteiger partial charge is 0.494 e. The fraction of sp³-hybridized carbons (Fsp3) is 0.632. The first-order valence-electron chi connectivity index (χ1n) is 9.08. The van der Waals surface area contributed by atoms with E-state index in [0.717, 1.165) is 36.0 Å². The summed E-state index contributed by atoms with van der Waals surface area (Å²) in [5.41, 5.74) is 2.17. The number of benzene rings is 1. The molecule has 1 aliphatic carbocycles. The van der Waals surface area contributed by atoms with E-state index in [4.69, 9.17) is 9.31 Å². The van der Waals surface area contributed by atoms with E-state index in [1.54, 1.807) is 0 Å². The molecule has 24 heavy (non-hydrogen) atoms. The monoisotopic (exact) mass is 327 g/mol. The van der Waals surface area contributed by atoms with Crippen molar-refractivity contribution in [1.82, 2.24) is 4.90 Å². The highest BCUT2D eigenvalue weighted by Crippen LogP contribution is 2.37. The number of fused-ring (bicyclic) bond motifs is 1. The molecule has 1 aromatic rings. The lowest BCUT2D eigenvalue weighted by molar-refractivity contribution is 0.00578. The predicted octanol–water partition coefficient (Wildman–Crippen LogP) is 2.88. The molecule has 0 unspecified atom stereocenters. The molecule has 0 radical (unpaired) electrons. The number of nitrogens with zero attached hydrogens (tertiary/aromatic N) is 1.